The van der Waals surface area contributed by atoms with Gasteiger partial charge in [0.2, 0.25) is 0 Å². The van der Waals surface area contributed by atoms with Crippen LogP contribution in [-0.4, -0.2) is 29.8 Å². The Balaban J connectivity index is 2.60. The van der Waals surface area contributed by atoms with Gasteiger partial charge in [-0.25, -0.2) is 0 Å². The highest BCUT2D eigenvalue weighted by Gasteiger charge is 2.21. The molecule has 0 fully saturated rings. The molecule has 5 heteroatoms. The van der Waals surface area contributed by atoms with E-state index in [4.69, 9.17) is 16.3 Å². The first-order valence-corrected chi connectivity index (χ1v) is 6.66. The minimum Gasteiger partial charge on any atom is -0.479 e. The Morgan fingerprint density at radius 2 is 2.00 bits per heavy atom. The molecule has 1 amide bonds. The fourth-order valence-electron chi connectivity index (χ4n) is 1.51. The molecule has 2 N–H and O–H groups in total. The Bertz CT molecular complexity index is 423. The summed E-state index contributed by atoms with van der Waals surface area (Å²) in [7, 11) is 0. The van der Waals surface area contributed by atoms with Gasteiger partial charge in [0.1, 0.15) is 5.75 Å². The number of para-hydroxylation sites is 1. The van der Waals surface area contributed by atoms with E-state index in [-0.39, 0.29) is 24.5 Å². The molecule has 0 spiro atoms. The highest BCUT2D eigenvalue weighted by Crippen LogP contribution is 2.24. The second kappa shape index (κ2) is 7.36. The first kappa shape index (κ1) is 15.8. The third kappa shape index (κ3) is 4.73. The maximum atomic E-state index is 11.9. The zero-order valence-electron chi connectivity index (χ0n) is 11.4. The Morgan fingerprint density at radius 3 is 2.53 bits per heavy atom. The molecule has 1 aromatic rings. The summed E-state index contributed by atoms with van der Waals surface area (Å²) in [6, 6.07) is 6.71. The average Bonchev–Trinajstić information content (AvgIpc) is 2.37. The SMILES string of the molecule is CC(Oc1ccccc1Cl)C(=O)NC(CO)C(C)C. The van der Waals surface area contributed by atoms with Crippen molar-refractivity contribution in [2.24, 2.45) is 5.92 Å². The summed E-state index contributed by atoms with van der Waals surface area (Å²) < 4.78 is 5.51. The number of halogens is 1. The normalized spacial score (nSPS) is 14.0. The third-order valence-electron chi connectivity index (χ3n) is 2.84. The Labute approximate surface area is 118 Å². The number of rotatable bonds is 6. The van der Waals surface area contributed by atoms with Crippen LogP contribution in [0.5, 0.6) is 5.75 Å². The quantitative estimate of drug-likeness (QED) is 0.843. The van der Waals surface area contributed by atoms with Crippen LogP contribution in [0.15, 0.2) is 24.3 Å². The number of ether oxygens (including phenoxy) is 1. The van der Waals surface area contributed by atoms with Crippen LogP contribution in [0, 0.1) is 5.92 Å². The van der Waals surface area contributed by atoms with E-state index in [1.54, 1.807) is 31.2 Å². The lowest BCUT2D eigenvalue weighted by Crippen LogP contribution is -2.46. The first-order chi connectivity index (χ1) is 8.95. The van der Waals surface area contributed by atoms with E-state index >= 15 is 0 Å². The lowest BCUT2D eigenvalue weighted by atomic mass is 10.1. The van der Waals surface area contributed by atoms with Gasteiger partial charge < -0.3 is 15.2 Å². The highest BCUT2D eigenvalue weighted by molar-refractivity contribution is 6.32. The van der Waals surface area contributed by atoms with Gasteiger partial charge in [-0.2, -0.15) is 0 Å². The van der Waals surface area contributed by atoms with Gasteiger partial charge in [-0.3, -0.25) is 4.79 Å². The standard InChI is InChI=1S/C14H20ClNO3/c1-9(2)12(8-17)16-14(18)10(3)19-13-7-5-4-6-11(13)15/h4-7,9-10,12,17H,8H2,1-3H3,(H,16,18). The Hall–Kier alpha value is -1.26. The zero-order valence-corrected chi connectivity index (χ0v) is 12.1. The summed E-state index contributed by atoms with van der Waals surface area (Å²) in [4.78, 5) is 11.9. The number of hydrogen-bond donors (Lipinski definition) is 2. The van der Waals surface area contributed by atoms with Crippen molar-refractivity contribution in [3.8, 4) is 5.75 Å². The molecule has 1 rings (SSSR count). The van der Waals surface area contributed by atoms with Gasteiger partial charge in [0.15, 0.2) is 6.10 Å². The van der Waals surface area contributed by atoms with E-state index in [0.29, 0.717) is 10.8 Å². The van der Waals surface area contributed by atoms with Crippen LogP contribution in [-0.2, 0) is 4.79 Å². The van der Waals surface area contributed by atoms with Crippen molar-refractivity contribution < 1.29 is 14.6 Å². The number of benzene rings is 1. The molecule has 0 aliphatic rings. The number of carbonyl (C=O) groups is 1. The van der Waals surface area contributed by atoms with Gasteiger partial charge >= 0.3 is 0 Å². The molecular weight excluding hydrogens is 266 g/mol. The molecule has 0 aromatic heterocycles. The van der Waals surface area contributed by atoms with Gasteiger partial charge in [-0.05, 0) is 25.0 Å². The van der Waals surface area contributed by atoms with Crippen molar-refractivity contribution >= 4 is 17.5 Å². The smallest absolute Gasteiger partial charge is 0.261 e. The summed E-state index contributed by atoms with van der Waals surface area (Å²) in [6.45, 7) is 5.41. The fraction of sp³-hybridized carbons (Fsp3) is 0.500. The summed E-state index contributed by atoms with van der Waals surface area (Å²) in [5, 5.41) is 12.4. The van der Waals surface area contributed by atoms with E-state index in [0.717, 1.165) is 0 Å². The number of hydrogen-bond acceptors (Lipinski definition) is 3. The maximum absolute atomic E-state index is 11.9. The van der Waals surface area contributed by atoms with Crippen LogP contribution >= 0.6 is 11.6 Å². The van der Waals surface area contributed by atoms with E-state index in [9.17, 15) is 9.90 Å². The van der Waals surface area contributed by atoms with E-state index in [1.165, 1.54) is 0 Å². The maximum Gasteiger partial charge on any atom is 0.261 e. The molecule has 2 atom stereocenters. The van der Waals surface area contributed by atoms with Crippen molar-refractivity contribution in [3.05, 3.63) is 29.3 Å². The number of aliphatic hydroxyl groups excluding tert-OH is 1. The van der Waals surface area contributed by atoms with Crippen LogP contribution in [0.25, 0.3) is 0 Å². The van der Waals surface area contributed by atoms with E-state index < -0.39 is 6.10 Å². The van der Waals surface area contributed by atoms with Gasteiger partial charge in [-0.1, -0.05) is 37.6 Å². The van der Waals surface area contributed by atoms with Crippen LogP contribution < -0.4 is 10.1 Å². The molecule has 0 bridgehead atoms. The lowest BCUT2D eigenvalue weighted by Gasteiger charge is -2.22. The zero-order chi connectivity index (χ0) is 14.4. The van der Waals surface area contributed by atoms with Gasteiger partial charge in [-0.15, -0.1) is 0 Å². The molecule has 106 valence electrons. The van der Waals surface area contributed by atoms with E-state index in [1.807, 2.05) is 13.8 Å². The number of amides is 1. The van der Waals surface area contributed by atoms with Crippen LogP contribution in [0.4, 0.5) is 0 Å². The molecule has 0 saturated carbocycles. The molecular formula is C14H20ClNO3. The monoisotopic (exact) mass is 285 g/mol. The molecule has 0 saturated heterocycles. The molecule has 19 heavy (non-hydrogen) atoms. The predicted molar refractivity (Wildman–Crippen MR) is 75.4 cm³/mol. The van der Waals surface area contributed by atoms with Crippen molar-refractivity contribution in [3.63, 3.8) is 0 Å². The summed E-state index contributed by atoms with van der Waals surface area (Å²) >= 11 is 5.96. The summed E-state index contributed by atoms with van der Waals surface area (Å²) in [5.74, 6) is 0.353. The van der Waals surface area contributed by atoms with Crippen LogP contribution in [0.1, 0.15) is 20.8 Å². The van der Waals surface area contributed by atoms with Gasteiger partial charge in [0.25, 0.3) is 5.91 Å². The largest absolute Gasteiger partial charge is 0.479 e. The van der Waals surface area contributed by atoms with Crippen molar-refractivity contribution in [1.29, 1.82) is 0 Å². The Kier molecular flexibility index (Phi) is 6.12. The molecule has 1 aromatic carbocycles. The minimum absolute atomic E-state index is 0.0950. The van der Waals surface area contributed by atoms with Gasteiger partial charge in [0, 0.05) is 0 Å². The predicted octanol–water partition coefficient (Wildman–Crippen LogP) is 2.24. The summed E-state index contributed by atoms with van der Waals surface area (Å²) in [5.41, 5.74) is 0. The van der Waals surface area contributed by atoms with Crippen molar-refractivity contribution in [2.75, 3.05) is 6.61 Å². The average molecular weight is 286 g/mol. The molecule has 4 nitrogen and oxygen atoms in total. The fourth-order valence-corrected chi connectivity index (χ4v) is 1.69. The number of aliphatic hydroxyl groups is 1. The van der Waals surface area contributed by atoms with Gasteiger partial charge in [0.05, 0.1) is 17.7 Å². The van der Waals surface area contributed by atoms with Crippen molar-refractivity contribution in [2.45, 2.75) is 32.9 Å². The van der Waals surface area contributed by atoms with Crippen LogP contribution in [0.2, 0.25) is 5.02 Å². The minimum atomic E-state index is -0.673. The molecule has 0 heterocycles. The van der Waals surface area contributed by atoms with E-state index in [2.05, 4.69) is 5.32 Å². The number of carbonyl (C=O) groups excluding carboxylic acids is 1. The second-order valence-corrected chi connectivity index (χ2v) is 5.14. The molecule has 0 aliphatic heterocycles. The first-order valence-electron chi connectivity index (χ1n) is 6.28. The third-order valence-corrected chi connectivity index (χ3v) is 3.15. The molecule has 0 radical (unpaired) electrons. The number of nitrogens with one attached hydrogen (secondary N) is 1. The second-order valence-electron chi connectivity index (χ2n) is 4.73. The topological polar surface area (TPSA) is 58.6 Å². The van der Waals surface area contributed by atoms with Crippen molar-refractivity contribution in [1.82, 2.24) is 5.32 Å². The molecule has 0 aliphatic carbocycles. The molecule has 2 unspecified atom stereocenters. The Morgan fingerprint density at radius 1 is 1.37 bits per heavy atom. The summed E-state index contributed by atoms with van der Waals surface area (Å²) in [6.07, 6.45) is -0.673. The highest BCUT2D eigenvalue weighted by atomic mass is 35.5. The van der Waals surface area contributed by atoms with Crippen LogP contribution in [0.3, 0.4) is 0 Å². The lowest BCUT2D eigenvalue weighted by molar-refractivity contribution is -0.128.